The number of fused-ring (bicyclic) bond motifs is 1. The highest BCUT2D eigenvalue weighted by atomic mass is 16.5. The SMILES string of the molecule is COc1ccc(NC(=O)c2cc3ccccc3oc2=Nc2ccc(C)cc2C)cc1. The molecule has 1 heterocycles. The van der Waals surface area contributed by atoms with Gasteiger partial charge in [-0.05, 0) is 61.9 Å². The molecule has 4 aromatic rings. The number of nitrogens with one attached hydrogen (secondary N) is 1. The number of rotatable bonds is 4. The maximum atomic E-state index is 13.1. The average Bonchev–Trinajstić information content (AvgIpc) is 2.75. The van der Waals surface area contributed by atoms with Gasteiger partial charge in [-0.2, -0.15) is 0 Å². The standard InChI is InChI=1S/C25H22N2O3/c1-16-8-13-22(17(2)14-16)27-25-21(15-18-6-4-5-7-23(18)30-25)24(28)26-19-9-11-20(29-3)12-10-19/h4-15H,1-3H3,(H,26,28). The van der Waals surface area contributed by atoms with Crippen molar-refractivity contribution in [2.24, 2.45) is 4.99 Å². The highest BCUT2D eigenvalue weighted by Crippen LogP contribution is 2.21. The predicted molar refractivity (Wildman–Crippen MR) is 118 cm³/mol. The van der Waals surface area contributed by atoms with Crippen molar-refractivity contribution in [2.75, 3.05) is 12.4 Å². The van der Waals surface area contributed by atoms with Crippen molar-refractivity contribution in [3.05, 3.63) is 95.0 Å². The van der Waals surface area contributed by atoms with Gasteiger partial charge in [0.15, 0.2) is 0 Å². The van der Waals surface area contributed by atoms with Crippen LogP contribution in [0.2, 0.25) is 0 Å². The molecule has 0 spiro atoms. The summed E-state index contributed by atoms with van der Waals surface area (Å²) in [6, 6.07) is 22.5. The molecule has 0 atom stereocenters. The summed E-state index contributed by atoms with van der Waals surface area (Å²) >= 11 is 0. The Morgan fingerprint density at radius 1 is 0.967 bits per heavy atom. The van der Waals surface area contributed by atoms with E-state index in [-0.39, 0.29) is 11.5 Å². The molecule has 0 unspecified atom stereocenters. The molecule has 5 nitrogen and oxygen atoms in total. The van der Waals surface area contributed by atoms with E-state index in [1.807, 2.05) is 50.2 Å². The summed E-state index contributed by atoms with van der Waals surface area (Å²) in [5.74, 6) is 0.428. The molecule has 150 valence electrons. The van der Waals surface area contributed by atoms with Crippen LogP contribution in [0.5, 0.6) is 5.75 Å². The molecule has 0 fully saturated rings. The Labute approximate surface area is 174 Å². The van der Waals surface area contributed by atoms with Gasteiger partial charge in [0.25, 0.3) is 5.91 Å². The molecule has 4 rings (SSSR count). The zero-order valence-corrected chi connectivity index (χ0v) is 17.1. The molecule has 0 bridgehead atoms. The van der Waals surface area contributed by atoms with Gasteiger partial charge >= 0.3 is 0 Å². The highest BCUT2D eigenvalue weighted by molar-refractivity contribution is 6.05. The normalized spacial score (nSPS) is 11.5. The lowest BCUT2D eigenvalue weighted by Crippen LogP contribution is -2.21. The Morgan fingerprint density at radius 2 is 1.73 bits per heavy atom. The van der Waals surface area contributed by atoms with E-state index in [1.54, 1.807) is 37.4 Å². The largest absolute Gasteiger partial charge is 0.497 e. The summed E-state index contributed by atoms with van der Waals surface area (Å²) in [6.07, 6.45) is 0. The number of amides is 1. The average molecular weight is 398 g/mol. The quantitative estimate of drug-likeness (QED) is 0.491. The van der Waals surface area contributed by atoms with Crippen LogP contribution in [-0.4, -0.2) is 13.0 Å². The summed E-state index contributed by atoms with van der Waals surface area (Å²) in [7, 11) is 1.60. The first-order valence-corrected chi connectivity index (χ1v) is 9.64. The summed E-state index contributed by atoms with van der Waals surface area (Å²) in [5.41, 5.74) is 4.89. The zero-order valence-electron chi connectivity index (χ0n) is 17.1. The van der Waals surface area contributed by atoms with Crippen LogP contribution in [0, 0.1) is 13.8 Å². The second-order valence-electron chi connectivity index (χ2n) is 7.09. The molecule has 1 aromatic heterocycles. The number of carbonyl (C=O) groups is 1. The van der Waals surface area contributed by atoms with Crippen LogP contribution < -0.4 is 15.6 Å². The topological polar surface area (TPSA) is 63.8 Å². The molecule has 1 amide bonds. The molecule has 0 aliphatic carbocycles. The molecule has 1 N–H and O–H groups in total. The minimum Gasteiger partial charge on any atom is -0.497 e. The van der Waals surface area contributed by atoms with Gasteiger partial charge in [0.05, 0.1) is 12.8 Å². The summed E-state index contributed by atoms with van der Waals surface area (Å²) in [6.45, 7) is 4.02. The van der Waals surface area contributed by atoms with Crippen LogP contribution in [0.25, 0.3) is 11.0 Å². The second-order valence-corrected chi connectivity index (χ2v) is 7.09. The number of ether oxygens (including phenoxy) is 1. The Bertz CT molecular complexity index is 1290. The maximum Gasteiger partial charge on any atom is 0.261 e. The van der Waals surface area contributed by atoms with Crippen LogP contribution >= 0.6 is 0 Å². The molecule has 0 aliphatic rings. The van der Waals surface area contributed by atoms with Crippen molar-refractivity contribution >= 4 is 28.3 Å². The Hall–Kier alpha value is -3.86. The highest BCUT2D eigenvalue weighted by Gasteiger charge is 2.13. The molecule has 0 radical (unpaired) electrons. The van der Waals surface area contributed by atoms with Gasteiger partial charge in [-0.1, -0.05) is 35.9 Å². The van der Waals surface area contributed by atoms with Gasteiger partial charge < -0.3 is 14.5 Å². The van der Waals surface area contributed by atoms with E-state index in [2.05, 4.69) is 16.4 Å². The summed E-state index contributed by atoms with van der Waals surface area (Å²) in [4.78, 5) is 17.8. The third-order valence-corrected chi connectivity index (χ3v) is 4.82. The third-order valence-electron chi connectivity index (χ3n) is 4.82. The monoisotopic (exact) mass is 398 g/mol. The fourth-order valence-corrected chi connectivity index (χ4v) is 3.23. The number of aryl methyl sites for hydroxylation is 2. The third kappa shape index (κ3) is 4.10. The number of methoxy groups -OCH3 is 1. The van der Waals surface area contributed by atoms with Gasteiger partial charge in [0, 0.05) is 11.1 Å². The van der Waals surface area contributed by atoms with Crippen LogP contribution in [0.15, 0.2) is 82.2 Å². The summed E-state index contributed by atoms with van der Waals surface area (Å²) in [5, 5.41) is 3.74. The van der Waals surface area contributed by atoms with Crippen molar-refractivity contribution in [3.8, 4) is 5.75 Å². The Morgan fingerprint density at radius 3 is 2.47 bits per heavy atom. The molecule has 0 saturated carbocycles. The lowest BCUT2D eigenvalue weighted by Gasteiger charge is -2.08. The van der Waals surface area contributed by atoms with E-state index < -0.39 is 0 Å². The lowest BCUT2D eigenvalue weighted by molar-refractivity contribution is 0.102. The molecule has 30 heavy (non-hydrogen) atoms. The van der Waals surface area contributed by atoms with E-state index in [0.717, 1.165) is 28.0 Å². The van der Waals surface area contributed by atoms with E-state index >= 15 is 0 Å². The number of carbonyl (C=O) groups excluding carboxylic acids is 1. The lowest BCUT2D eigenvalue weighted by atomic mass is 10.1. The Kier molecular flexibility index (Phi) is 5.35. The van der Waals surface area contributed by atoms with E-state index in [4.69, 9.17) is 9.15 Å². The number of anilines is 1. The molecular weight excluding hydrogens is 376 g/mol. The first-order valence-electron chi connectivity index (χ1n) is 9.64. The fraction of sp³-hybridized carbons (Fsp3) is 0.120. The Balaban J connectivity index is 1.81. The van der Waals surface area contributed by atoms with Gasteiger partial charge in [-0.15, -0.1) is 0 Å². The number of nitrogens with zero attached hydrogens (tertiary/aromatic N) is 1. The van der Waals surface area contributed by atoms with Crippen LogP contribution in [0.1, 0.15) is 21.5 Å². The van der Waals surface area contributed by atoms with Gasteiger partial charge in [-0.3, -0.25) is 4.79 Å². The number of hydrogen-bond acceptors (Lipinski definition) is 4. The molecular formula is C25H22N2O3. The number of hydrogen-bond donors (Lipinski definition) is 1. The van der Waals surface area contributed by atoms with E-state index in [9.17, 15) is 4.79 Å². The summed E-state index contributed by atoms with van der Waals surface area (Å²) < 4.78 is 11.2. The first-order chi connectivity index (χ1) is 14.5. The predicted octanol–water partition coefficient (Wildman–Crippen LogP) is 5.54. The van der Waals surface area contributed by atoms with Gasteiger partial charge in [-0.25, -0.2) is 4.99 Å². The minimum atomic E-state index is -0.293. The van der Waals surface area contributed by atoms with E-state index in [0.29, 0.717) is 16.8 Å². The number of benzene rings is 3. The van der Waals surface area contributed by atoms with E-state index in [1.165, 1.54) is 0 Å². The van der Waals surface area contributed by atoms with Crippen molar-refractivity contribution in [2.45, 2.75) is 13.8 Å². The van der Waals surface area contributed by atoms with Gasteiger partial charge in [0.2, 0.25) is 5.55 Å². The van der Waals surface area contributed by atoms with Crippen molar-refractivity contribution < 1.29 is 13.9 Å². The van der Waals surface area contributed by atoms with Crippen LogP contribution in [-0.2, 0) is 0 Å². The first kappa shape index (κ1) is 19.5. The second kappa shape index (κ2) is 8.25. The smallest absolute Gasteiger partial charge is 0.261 e. The molecule has 5 heteroatoms. The van der Waals surface area contributed by atoms with Gasteiger partial charge in [0.1, 0.15) is 16.9 Å². The van der Waals surface area contributed by atoms with Crippen molar-refractivity contribution in [1.82, 2.24) is 0 Å². The van der Waals surface area contributed by atoms with Crippen LogP contribution in [0.3, 0.4) is 0 Å². The molecule has 3 aromatic carbocycles. The number of para-hydroxylation sites is 1. The maximum absolute atomic E-state index is 13.1. The minimum absolute atomic E-state index is 0.270. The van der Waals surface area contributed by atoms with Crippen LogP contribution in [0.4, 0.5) is 11.4 Å². The van der Waals surface area contributed by atoms with Crippen molar-refractivity contribution in [1.29, 1.82) is 0 Å². The van der Waals surface area contributed by atoms with Crippen molar-refractivity contribution in [3.63, 3.8) is 0 Å². The molecule has 0 saturated heterocycles. The fourth-order valence-electron chi connectivity index (χ4n) is 3.23. The zero-order chi connectivity index (χ0) is 21.1. The molecule has 0 aliphatic heterocycles.